The van der Waals surface area contributed by atoms with E-state index in [2.05, 4.69) is 29.3 Å². The van der Waals surface area contributed by atoms with Gasteiger partial charge in [0.2, 0.25) is 5.91 Å². The smallest absolute Gasteiger partial charge is 0.240 e. The summed E-state index contributed by atoms with van der Waals surface area (Å²) in [5.74, 6) is 0.317. The summed E-state index contributed by atoms with van der Waals surface area (Å²) in [6.45, 7) is 2.20. The molecular formula is C14H24N2O. The Kier molecular flexibility index (Phi) is 4.21. The van der Waals surface area contributed by atoms with Crippen molar-refractivity contribution in [3.63, 3.8) is 0 Å². The minimum atomic E-state index is 0.0332. The van der Waals surface area contributed by atoms with E-state index in [-0.39, 0.29) is 6.04 Å². The normalized spacial score (nSPS) is 34.8. The number of nitrogens with one attached hydrogen (secondary N) is 1. The van der Waals surface area contributed by atoms with Crippen molar-refractivity contribution in [2.75, 3.05) is 7.05 Å². The monoisotopic (exact) mass is 236 g/mol. The van der Waals surface area contributed by atoms with Gasteiger partial charge in [-0.2, -0.15) is 0 Å². The zero-order valence-corrected chi connectivity index (χ0v) is 11.0. The Hall–Kier alpha value is -0.830. The van der Waals surface area contributed by atoms with Gasteiger partial charge in [0.1, 0.15) is 0 Å². The number of hydrogen-bond acceptors (Lipinski definition) is 2. The molecule has 0 radical (unpaired) electrons. The van der Waals surface area contributed by atoms with Gasteiger partial charge in [0.25, 0.3) is 0 Å². The number of nitrogens with zero attached hydrogens (tertiary/aromatic N) is 1. The molecule has 1 N–H and O–H groups in total. The summed E-state index contributed by atoms with van der Waals surface area (Å²) in [6.07, 6.45) is 11.0. The molecule has 0 spiro atoms. The second-order valence-electron chi connectivity index (χ2n) is 5.30. The van der Waals surface area contributed by atoms with Crippen LogP contribution >= 0.6 is 0 Å². The van der Waals surface area contributed by atoms with Crippen LogP contribution in [0.15, 0.2) is 12.2 Å². The number of allylic oxidation sites excluding steroid dienone is 1. The van der Waals surface area contributed by atoms with Gasteiger partial charge in [-0.1, -0.05) is 12.2 Å². The van der Waals surface area contributed by atoms with Crippen molar-refractivity contribution in [3.8, 4) is 0 Å². The highest BCUT2D eigenvalue weighted by Gasteiger charge is 2.34. The summed E-state index contributed by atoms with van der Waals surface area (Å²) >= 11 is 0. The molecule has 3 unspecified atom stereocenters. The molecule has 1 amide bonds. The lowest BCUT2D eigenvalue weighted by Gasteiger charge is -2.37. The van der Waals surface area contributed by atoms with Crippen LogP contribution in [0.25, 0.3) is 0 Å². The van der Waals surface area contributed by atoms with Crippen LogP contribution in [0.4, 0.5) is 0 Å². The van der Waals surface area contributed by atoms with Gasteiger partial charge in [-0.25, -0.2) is 0 Å². The molecule has 3 heteroatoms. The minimum Gasteiger partial charge on any atom is -0.335 e. The third kappa shape index (κ3) is 2.71. The first kappa shape index (κ1) is 12.6. The first-order chi connectivity index (χ1) is 8.24. The molecule has 0 bridgehead atoms. The molecule has 0 aromatic rings. The fraction of sp³-hybridized carbons (Fsp3) is 0.786. The quantitative estimate of drug-likeness (QED) is 0.745. The molecule has 2 aliphatic rings. The maximum Gasteiger partial charge on any atom is 0.240 e. The second kappa shape index (κ2) is 5.67. The van der Waals surface area contributed by atoms with E-state index >= 15 is 0 Å². The summed E-state index contributed by atoms with van der Waals surface area (Å²) in [7, 11) is 1.90. The van der Waals surface area contributed by atoms with Crippen molar-refractivity contribution in [3.05, 3.63) is 12.2 Å². The van der Waals surface area contributed by atoms with E-state index < -0.39 is 0 Å². The number of rotatable bonds is 2. The summed E-state index contributed by atoms with van der Waals surface area (Å²) in [4.78, 5) is 14.7. The number of carbonyl (C=O) groups is 1. The number of likely N-dealkylation sites (N-methyl/N-ethyl adjacent to an activating group) is 1. The highest BCUT2D eigenvalue weighted by atomic mass is 16.2. The van der Waals surface area contributed by atoms with Crippen molar-refractivity contribution < 1.29 is 4.79 Å². The zero-order valence-electron chi connectivity index (χ0n) is 11.0. The van der Waals surface area contributed by atoms with Gasteiger partial charge < -0.3 is 10.2 Å². The second-order valence-corrected chi connectivity index (χ2v) is 5.30. The van der Waals surface area contributed by atoms with Gasteiger partial charge in [0.05, 0.1) is 6.04 Å². The number of likely N-dealkylation sites (tertiary alicyclic amines) is 1. The minimum absolute atomic E-state index is 0.0332. The van der Waals surface area contributed by atoms with Crippen LogP contribution in [-0.2, 0) is 4.79 Å². The lowest BCUT2D eigenvalue weighted by molar-refractivity contribution is -0.137. The maximum absolute atomic E-state index is 12.5. The summed E-state index contributed by atoms with van der Waals surface area (Å²) < 4.78 is 0. The van der Waals surface area contributed by atoms with Crippen molar-refractivity contribution in [1.29, 1.82) is 0 Å². The predicted octanol–water partition coefficient (Wildman–Crippen LogP) is 2.08. The van der Waals surface area contributed by atoms with E-state index in [1.165, 1.54) is 0 Å². The molecule has 1 fully saturated rings. The Labute approximate surface area is 104 Å². The van der Waals surface area contributed by atoms with Gasteiger partial charge in [-0.3, -0.25) is 4.79 Å². The van der Waals surface area contributed by atoms with Gasteiger partial charge >= 0.3 is 0 Å². The Morgan fingerprint density at radius 1 is 1.29 bits per heavy atom. The van der Waals surface area contributed by atoms with Crippen LogP contribution in [0.1, 0.15) is 45.4 Å². The topological polar surface area (TPSA) is 32.3 Å². The van der Waals surface area contributed by atoms with Crippen LogP contribution in [-0.4, -0.2) is 36.0 Å². The van der Waals surface area contributed by atoms with Crippen LogP contribution < -0.4 is 5.32 Å². The molecule has 0 aromatic heterocycles. The molecule has 3 atom stereocenters. The lowest BCUT2D eigenvalue weighted by Crippen LogP contribution is -2.51. The molecule has 1 saturated heterocycles. The Morgan fingerprint density at radius 3 is 2.76 bits per heavy atom. The average Bonchev–Trinajstić information content (AvgIpc) is 2.49. The summed E-state index contributed by atoms with van der Waals surface area (Å²) in [5.41, 5.74) is 0. The lowest BCUT2D eigenvalue weighted by atomic mass is 9.98. The van der Waals surface area contributed by atoms with E-state index in [4.69, 9.17) is 0 Å². The highest BCUT2D eigenvalue weighted by Crippen LogP contribution is 2.26. The first-order valence-electron chi connectivity index (χ1n) is 6.88. The fourth-order valence-corrected chi connectivity index (χ4v) is 3.12. The number of amides is 1. The standard InChI is InChI=1S/C14H24N2O/c1-11-7-6-10-13(15-2)14(17)16(11)12-8-4-3-5-9-12/h3-4,11-13,15H,5-10H2,1-2H3. The van der Waals surface area contributed by atoms with E-state index in [1.807, 2.05) is 7.05 Å². The third-order valence-corrected chi connectivity index (χ3v) is 4.13. The van der Waals surface area contributed by atoms with Crippen LogP contribution in [0, 0.1) is 0 Å². The molecule has 3 nitrogen and oxygen atoms in total. The molecule has 0 aromatic carbocycles. The number of carbonyl (C=O) groups excluding carboxylic acids is 1. The largest absolute Gasteiger partial charge is 0.335 e. The highest BCUT2D eigenvalue weighted by molar-refractivity contribution is 5.82. The zero-order chi connectivity index (χ0) is 12.3. The fourth-order valence-electron chi connectivity index (χ4n) is 3.12. The SMILES string of the molecule is CNC1CCCC(C)N(C2CC=CCC2)C1=O. The van der Waals surface area contributed by atoms with E-state index in [9.17, 15) is 4.79 Å². The Bertz CT molecular complexity index is 301. The van der Waals surface area contributed by atoms with Gasteiger partial charge in [-0.05, 0) is 52.5 Å². The van der Waals surface area contributed by atoms with Crippen molar-refractivity contribution in [2.45, 2.75) is 63.6 Å². The van der Waals surface area contributed by atoms with Gasteiger partial charge in [-0.15, -0.1) is 0 Å². The molecular weight excluding hydrogens is 212 g/mol. The average molecular weight is 236 g/mol. The molecule has 96 valence electrons. The molecule has 17 heavy (non-hydrogen) atoms. The van der Waals surface area contributed by atoms with Crippen molar-refractivity contribution in [2.24, 2.45) is 0 Å². The van der Waals surface area contributed by atoms with Crippen molar-refractivity contribution in [1.82, 2.24) is 10.2 Å². The van der Waals surface area contributed by atoms with Gasteiger partial charge in [0, 0.05) is 12.1 Å². The summed E-state index contributed by atoms with van der Waals surface area (Å²) in [5, 5.41) is 3.17. The van der Waals surface area contributed by atoms with Crippen LogP contribution in [0.3, 0.4) is 0 Å². The van der Waals surface area contributed by atoms with Gasteiger partial charge in [0.15, 0.2) is 0 Å². The Morgan fingerprint density at radius 2 is 2.12 bits per heavy atom. The third-order valence-electron chi connectivity index (χ3n) is 4.13. The predicted molar refractivity (Wildman–Crippen MR) is 69.8 cm³/mol. The van der Waals surface area contributed by atoms with Crippen LogP contribution in [0.2, 0.25) is 0 Å². The first-order valence-corrected chi connectivity index (χ1v) is 6.88. The maximum atomic E-state index is 12.5. The molecule has 1 aliphatic carbocycles. The molecule has 0 saturated carbocycles. The van der Waals surface area contributed by atoms with E-state index in [0.717, 1.165) is 38.5 Å². The van der Waals surface area contributed by atoms with Crippen molar-refractivity contribution >= 4 is 5.91 Å². The summed E-state index contributed by atoms with van der Waals surface area (Å²) in [6, 6.07) is 0.861. The molecule has 2 rings (SSSR count). The van der Waals surface area contributed by atoms with Crippen LogP contribution in [0.5, 0.6) is 0 Å². The van der Waals surface area contributed by atoms with E-state index in [1.54, 1.807) is 0 Å². The van der Waals surface area contributed by atoms with E-state index in [0.29, 0.717) is 18.0 Å². The Balaban J connectivity index is 2.14. The molecule has 1 heterocycles. The number of hydrogen-bond donors (Lipinski definition) is 1. The molecule has 1 aliphatic heterocycles.